The van der Waals surface area contributed by atoms with Gasteiger partial charge in [-0.1, -0.05) is 13.8 Å². The normalized spacial score (nSPS) is 13.8. The first-order valence-electron chi connectivity index (χ1n) is 5.89. The van der Waals surface area contributed by atoms with Crippen LogP contribution in [0.5, 0.6) is 0 Å². The van der Waals surface area contributed by atoms with Crippen molar-refractivity contribution in [1.82, 2.24) is 10.6 Å². The smallest absolute Gasteiger partial charge is 0.318 e. The van der Waals surface area contributed by atoms with E-state index in [1.165, 1.54) is 0 Å². The molecule has 0 aliphatic heterocycles. The highest BCUT2D eigenvalue weighted by Gasteiger charge is 2.19. The molecule has 7 nitrogen and oxygen atoms in total. The Labute approximate surface area is 107 Å². The van der Waals surface area contributed by atoms with Crippen molar-refractivity contribution < 1.29 is 14.4 Å². The van der Waals surface area contributed by atoms with Crippen molar-refractivity contribution in [2.75, 3.05) is 0 Å². The van der Waals surface area contributed by atoms with Crippen LogP contribution in [0.25, 0.3) is 0 Å². The van der Waals surface area contributed by atoms with E-state index in [0.29, 0.717) is 6.42 Å². The van der Waals surface area contributed by atoms with Crippen LogP contribution in [0.4, 0.5) is 4.79 Å². The molecule has 18 heavy (non-hydrogen) atoms. The zero-order chi connectivity index (χ0) is 14.3. The van der Waals surface area contributed by atoms with Gasteiger partial charge >= 0.3 is 6.03 Å². The summed E-state index contributed by atoms with van der Waals surface area (Å²) >= 11 is 0. The van der Waals surface area contributed by atoms with Crippen LogP contribution in [0.2, 0.25) is 0 Å². The molecule has 0 aliphatic carbocycles. The van der Waals surface area contributed by atoms with E-state index in [4.69, 9.17) is 11.5 Å². The average molecular weight is 258 g/mol. The molecule has 0 aromatic rings. The summed E-state index contributed by atoms with van der Waals surface area (Å²) in [7, 11) is 0. The molecule has 0 aliphatic rings. The lowest BCUT2D eigenvalue weighted by Crippen LogP contribution is -2.47. The van der Waals surface area contributed by atoms with Crippen molar-refractivity contribution in [3.8, 4) is 0 Å². The molecule has 0 aromatic heterocycles. The molecule has 0 saturated heterocycles. The van der Waals surface area contributed by atoms with Gasteiger partial charge in [0.1, 0.15) is 0 Å². The predicted molar refractivity (Wildman–Crippen MR) is 67.4 cm³/mol. The van der Waals surface area contributed by atoms with E-state index in [0.717, 1.165) is 0 Å². The lowest BCUT2D eigenvalue weighted by atomic mass is 10.0. The van der Waals surface area contributed by atoms with Gasteiger partial charge in [0.15, 0.2) is 0 Å². The van der Waals surface area contributed by atoms with Crippen molar-refractivity contribution in [2.24, 2.45) is 17.4 Å². The molecular weight excluding hydrogens is 236 g/mol. The fraction of sp³-hybridized carbons (Fsp3) is 0.727. The second-order valence-corrected chi connectivity index (χ2v) is 4.63. The molecule has 4 amide bonds. The first-order chi connectivity index (χ1) is 8.23. The van der Waals surface area contributed by atoms with Gasteiger partial charge in [0.05, 0.1) is 6.04 Å². The quantitative estimate of drug-likeness (QED) is 0.509. The minimum absolute atomic E-state index is 0.0513. The second kappa shape index (κ2) is 7.65. The van der Waals surface area contributed by atoms with E-state index in [2.05, 4.69) is 5.32 Å². The van der Waals surface area contributed by atoms with Gasteiger partial charge in [-0.25, -0.2) is 4.79 Å². The lowest BCUT2D eigenvalue weighted by Gasteiger charge is -2.19. The Morgan fingerprint density at radius 2 is 1.72 bits per heavy atom. The zero-order valence-corrected chi connectivity index (χ0v) is 11.0. The number of amides is 4. The molecule has 0 heterocycles. The maximum absolute atomic E-state index is 11.6. The zero-order valence-electron chi connectivity index (χ0n) is 11.0. The Balaban J connectivity index is 3.97. The van der Waals surface area contributed by atoms with E-state index in [1.807, 2.05) is 19.2 Å². The minimum atomic E-state index is -0.876. The topological polar surface area (TPSA) is 127 Å². The lowest BCUT2D eigenvalue weighted by molar-refractivity contribution is -0.124. The highest BCUT2D eigenvalue weighted by atomic mass is 16.2. The largest absolute Gasteiger partial charge is 0.352 e. The Kier molecular flexibility index (Phi) is 6.96. The Morgan fingerprint density at radius 1 is 1.17 bits per heavy atom. The van der Waals surface area contributed by atoms with Crippen LogP contribution in [0.1, 0.15) is 33.6 Å². The van der Waals surface area contributed by atoms with Crippen molar-refractivity contribution in [3.63, 3.8) is 0 Å². The van der Waals surface area contributed by atoms with E-state index >= 15 is 0 Å². The standard InChI is InChI=1S/C11H22N4O3/c1-6(2)9(12)10(17)14-7(3)4-5-8(16)15-11(13)18/h6-7,9H,4-5,12H2,1-3H3,(H,14,17)(H3,13,15,16,18)/t7-,9-/m0/s1. The summed E-state index contributed by atoms with van der Waals surface area (Å²) in [5, 5.41) is 4.66. The molecule has 0 fully saturated rings. The number of rotatable bonds is 6. The Bertz CT molecular complexity index is 317. The highest BCUT2D eigenvalue weighted by molar-refractivity contribution is 5.93. The Hall–Kier alpha value is -1.63. The molecule has 0 aromatic carbocycles. The van der Waals surface area contributed by atoms with Crippen molar-refractivity contribution in [2.45, 2.75) is 45.7 Å². The number of nitrogens with two attached hydrogens (primary N) is 2. The van der Waals surface area contributed by atoms with E-state index in [-0.39, 0.29) is 24.3 Å². The Morgan fingerprint density at radius 3 is 2.17 bits per heavy atom. The molecule has 0 unspecified atom stereocenters. The summed E-state index contributed by atoms with van der Waals surface area (Å²) < 4.78 is 0. The summed E-state index contributed by atoms with van der Waals surface area (Å²) in [6, 6.07) is -1.63. The summed E-state index contributed by atoms with van der Waals surface area (Å²) in [5.41, 5.74) is 10.5. The molecule has 0 spiro atoms. The minimum Gasteiger partial charge on any atom is -0.352 e. The van der Waals surface area contributed by atoms with Crippen LogP contribution in [0.15, 0.2) is 0 Å². The number of carbonyl (C=O) groups is 3. The van der Waals surface area contributed by atoms with Crippen LogP contribution in [-0.4, -0.2) is 29.9 Å². The number of hydrogen-bond acceptors (Lipinski definition) is 4. The van der Waals surface area contributed by atoms with Gasteiger partial charge in [0.2, 0.25) is 11.8 Å². The molecule has 0 saturated carbocycles. The van der Waals surface area contributed by atoms with Crippen molar-refractivity contribution in [1.29, 1.82) is 0 Å². The summed E-state index contributed by atoms with van der Waals surface area (Å²) in [6.45, 7) is 5.48. The first-order valence-corrected chi connectivity index (χ1v) is 5.89. The average Bonchev–Trinajstić information content (AvgIpc) is 2.24. The third-order valence-electron chi connectivity index (χ3n) is 2.48. The van der Waals surface area contributed by atoms with E-state index in [9.17, 15) is 14.4 Å². The summed E-state index contributed by atoms with van der Waals surface area (Å²) in [5.74, 6) is -0.653. The van der Waals surface area contributed by atoms with Crippen LogP contribution in [0, 0.1) is 5.92 Å². The van der Waals surface area contributed by atoms with Gasteiger partial charge < -0.3 is 16.8 Å². The number of primary amides is 1. The van der Waals surface area contributed by atoms with Gasteiger partial charge in [-0.2, -0.15) is 0 Å². The van der Waals surface area contributed by atoms with Gasteiger partial charge in [-0.3, -0.25) is 14.9 Å². The van der Waals surface area contributed by atoms with Gasteiger partial charge in [0.25, 0.3) is 0 Å². The third kappa shape index (κ3) is 6.85. The molecule has 0 radical (unpaired) electrons. The van der Waals surface area contributed by atoms with Crippen molar-refractivity contribution >= 4 is 17.8 Å². The van der Waals surface area contributed by atoms with Crippen LogP contribution in [0.3, 0.4) is 0 Å². The maximum Gasteiger partial charge on any atom is 0.318 e. The van der Waals surface area contributed by atoms with E-state index < -0.39 is 18.0 Å². The van der Waals surface area contributed by atoms with Crippen molar-refractivity contribution in [3.05, 3.63) is 0 Å². The third-order valence-corrected chi connectivity index (χ3v) is 2.48. The molecule has 0 rings (SSSR count). The fourth-order valence-electron chi connectivity index (χ4n) is 1.26. The van der Waals surface area contributed by atoms with Gasteiger partial charge in [0, 0.05) is 12.5 Å². The molecule has 6 N–H and O–H groups in total. The highest BCUT2D eigenvalue weighted by Crippen LogP contribution is 2.01. The SMILES string of the molecule is CC(C)[C@H](N)C(=O)N[C@@H](C)CCC(=O)NC(N)=O. The van der Waals surface area contributed by atoms with Crippen LogP contribution < -0.4 is 22.1 Å². The molecule has 104 valence electrons. The predicted octanol–water partition coefficient (Wildman–Crippen LogP) is -0.550. The van der Waals surface area contributed by atoms with Crippen LogP contribution >= 0.6 is 0 Å². The molecule has 2 atom stereocenters. The number of carbonyl (C=O) groups excluding carboxylic acids is 3. The van der Waals surface area contributed by atoms with Gasteiger partial charge in [-0.05, 0) is 19.3 Å². The number of imide groups is 1. The maximum atomic E-state index is 11.6. The summed E-state index contributed by atoms with van der Waals surface area (Å²) in [4.78, 5) is 33.1. The number of hydrogen-bond donors (Lipinski definition) is 4. The number of nitrogens with one attached hydrogen (secondary N) is 2. The molecular formula is C11H22N4O3. The van der Waals surface area contributed by atoms with Gasteiger partial charge in [-0.15, -0.1) is 0 Å². The first kappa shape index (κ1) is 16.4. The number of urea groups is 1. The fourth-order valence-corrected chi connectivity index (χ4v) is 1.26. The monoisotopic (exact) mass is 258 g/mol. The molecule has 7 heteroatoms. The summed E-state index contributed by atoms with van der Waals surface area (Å²) in [6.07, 6.45) is 0.525. The van der Waals surface area contributed by atoms with Crippen LogP contribution in [-0.2, 0) is 9.59 Å². The molecule has 0 bridgehead atoms. The van der Waals surface area contributed by atoms with E-state index in [1.54, 1.807) is 6.92 Å². The second-order valence-electron chi connectivity index (χ2n) is 4.63.